The van der Waals surface area contributed by atoms with Gasteiger partial charge >= 0.3 is 0 Å². The van der Waals surface area contributed by atoms with Crippen molar-refractivity contribution in [2.75, 3.05) is 33.7 Å². The Labute approximate surface area is 93.8 Å². The maximum atomic E-state index is 3.42. The zero-order valence-electron chi connectivity index (χ0n) is 10.4. The molecule has 1 saturated heterocycles. The van der Waals surface area contributed by atoms with E-state index in [2.05, 4.69) is 36.1 Å². The fraction of sp³-hybridized carbons (Fsp3) is 1.00. The molecule has 1 N–H and O–H groups in total. The average molecular weight is 211 g/mol. The fourth-order valence-electron chi connectivity index (χ4n) is 3.22. The molecule has 0 aromatic heterocycles. The molecule has 15 heavy (non-hydrogen) atoms. The average Bonchev–Trinajstić information content (AvgIpc) is 2.66. The zero-order valence-corrected chi connectivity index (χ0v) is 10.4. The second-order valence-corrected chi connectivity index (χ2v) is 5.30. The molecular weight excluding hydrogens is 186 g/mol. The Bertz CT molecular complexity index is 207. The van der Waals surface area contributed by atoms with E-state index in [9.17, 15) is 0 Å². The van der Waals surface area contributed by atoms with Crippen LogP contribution in [0.4, 0.5) is 0 Å². The van der Waals surface area contributed by atoms with E-state index in [0.29, 0.717) is 0 Å². The number of piperazine rings is 1. The molecule has 3 unspecified atom stereocenters. The van der Waals surface area contributed by atoms with Crippen LogP contribution >= 0.6 is 0 Å². The predicted octanol–water partition coefficient (Wildman–Crippen LogP) is 0.763. The first-order valence-corrected chi connectivity index (χ1v) is 6.32. The van der Waals surface area contributed by atoms with Crippen LogP contribution in [-0.2, 0) is 0 Å². The summed E-state index contributed by atoms with van der Waals surface area (Å²) in [4.78, 5) is 5.18. The second kappa shape index (κ2) is 4.81. The maximum Gasteiger partial charge on any atom is 0.0198 e. The molecule has 88 valence electrons. The predicted molar refractivity (Wildman–Crippen MR) is 64.2 cm³/mol. The molecule has 1 aliphatic carbocycles. The molecule has 1 aliphatic heterocycles. The molecule has 1 saturated carbocycles. The van der Waals surface area contributed by atoms with E-state index < -0.39 is 0 Å². The lowest BCUT2D eigenvalue weighted by Crippen LogP contribution is -2.53. The third-order valence-corrected chi connectivity index (χ3v) is 4.16. The molecule has 0 bridgehead atoms. The van der Waals surface area contributed by atoms with Gasteiger partial charge in [0.2, 0.25) is 0 Å². The fourth-order valence-corrected chi connectivity index (χ4v) is 3.22. The van der Waals surface area contributed by atoms with Gasteiger partial charge in [-0.2, -0.15) is 0 Å². The van der Waals surface area contributed by atoms with Crippen molar-refractivity contribution in [3.63, 3.8) is 0 Å². The summed E-state index contributed by atoms with van der Waals surface area (Å²) in [5.74, 6) is 0. The monoisotopic (exact) mass is 211 g/mol. The molecule has 0 radical (unpaired) electrons. The van der Waals surface area contributed by atoms with Gasteiger partial charge in [-0.05, 0) is 40.3 Å². The van der Waals surface area contributed by atoms with Crippen molar-refractivity contribution in [3.05, 3.63) is 0 Å². The Morgan fingerprint density at radius 3 is 2.60 bits per heavy atom. The molecule has 0 spiro atoms. The van der Waals surface area contributed by atoms with Crippen LogP contribution in [-0.4, -0.2) is 61.7 Å². The topological polar surface area (TPSA) is 18.5 Å². The largest absolute Gasteiger partial charge is 0.317 e. The standard InChI is InChI=1S/C12H25N3/c1-10-9-14(3)6-7-15(10)12-5-4-11(8-12)13-2/h10-13H,4-9H2,1-3H3. The zero-order chi connectivity index (χ0) is 10.8. The van der Waals surface area contributed by atoms with Crippen molar-refractivity contribution in [2.45, 2.75) is 44.3 Å². The number of nitrogens with one attached hydrogen (secondary N) is 1. The van der Waals surface area contributed by atoms with Gasteiger partial charge in [-0.15, -0.1) is 0 Å². The van der Waals surface area contributed by atoms with Crippen LogP contribution in [0.15, 0.2) is 0 Å². The first-order chi connectivity index (χ1) is 7.20. The summed E-state index contributed by atoms with van der Waals surface area (Å²) >= 11 is 0. The van der Waals surface area contributed by atoms with Crippen LogP contribution in [0.1, 0.15) is 26.2 Å². The molecule has 3 heteroatoms. The van der Waals surface area contributed by atoms with E-state index in [-0.39, 0.29) is 0 Å². The molecule has 0 aromatic rings. The van der Waals surface area contributed by atoms with Gasteiger partial charge in [-0.1, -0.05) is 0 Å². The summed E-state index contributed by atoms with van der Waals surface area (Å²) < 4.78 is 0. The van der Waals surface area contributed by atoms with Gasteiger partial charge in [0.05, 0.1) is 0 Å². The highest BCUT2D eigenvalue weighted by Gasteiger charge is 2.32. The Morgan fingerprint density at radius 2 is 2.00 bits per heavy atom. The number of rotatable bonds is 2. The highest BCUT2D eigenvalue weighted by molar-refractivity contribution is 4.90. The Hall–Kier alpha value is -0.120. The van der Waals surface area contributed by atoms with Crippen LogP contribution in [0.5, 0.6) is 0 Å². The van der Waals surface area contributed by atoms with Gasteiger partial charge in [0.1, 0.15) is 0 Å². The van der Waals surface area contributed by atoms with Crippen LogP contribution in [0.2, 0.25) is 0 Å². The summed E-state index contributed by atoms with van der Waals surface area (Å²) in [5.41, 5.74) is 0. The van der Waals surface area contributed by atoms with Gasteiger partial charge in [0.15, 0.2) is 0 Å². The number of nitrogens with zero attached hydrogens (tertiary/aromatic N) is 2. The van der Waals surface area contributed by atoms with Gasteiger partial charge in [-0.3, -0.25) is 4.90 Å². The van der Waals surface area contributed by atoms with E-state index in [1.165, 1.54) is 38.9 Å². The van der Waals surface area contributed by atoms with E-state index in [1.54, 1.807) is 0 Å². The van der Waals surface area contributed by atoms with Gasteiger partial charge in [0, 0.05) is 37.8 Å². The van der Waals surface area contributed by atoms with E-state index in [0.717, 1.165) is 18.1 Å². The van der Waals surface area contributed by atoms with Crippen molar-refractivity contribution in [1.82, 2.24) is 15.1 Å². The van der Waals surface area contributed by atoms with Crippen LogP contribution in [0, 0.1) is 0 Å². The molecular formula is C12H25N3. The molecule has 2 rings (SSSR count). The summed E-state index contributed by atoms with van der Waals surface area (Å²) in [6.45, 7) is 6.12. The van der Waals surface area contributed by atoms with Gasteiger partial charge in [0.25, 0.3) is 0 Å². The Balaban J connectivity index is 1.88. The summed E-state index contributed by atoms with van der Waals surface area (Å²) in [7, 11) is 4.33. The minimum atomic E-state index is 0.740. The van der Waals surface area contributed by atoms with Crippen LogP contribution < -0.4 is 5.32 Å². The maximum absolute atomic E-state index is 3.42. The third-order valence-electron chi connectivity index (χ3n) is 4.16. The van der Waals surface area contributed by atoms with Crippen molar-refractivity contribution in [1.29, 1.82) is 0 Å². The lowest BCUT2D eigenvalue weighted by Gasteiger charge is -2.41. The Morgan fingerprint density at radius 1 is 1.20 bits per heavy atom. The van der Waals surface area contributed by atoms with Crippen LogP contribution in [0.3, 0.4) is 0 Å². The normalized spacial score (nSPS) is 39.8. The Kier molecular flexibility index (Phi) is 3.65. The van der Waals surface area contributed by atoms with Crippen molar-refractivity contribution in [3.8, 4) is 0 Å². The van der Waals surface area contributed by atoms with Crippen molar-refractivity contribution < 1.29 is 0 Å². The van der Waals surface area contributed by atoms with Gasteiger partial charge < -0.3 is 10.2 Å². The van der Waals surface area contributed by atoms with Gasteiger partial charge in [-0.25, -0.2) is 0 Å². The number of hydrogen-bond acceptors (Lipinski definition) is 3. The lowest BCUT2D eigenvalue weighted by atomic mass is 10.1. The molecule has 0 amide bonds. The van der Waals surface area contributed by atoms with Crippen LogP contribution in [0.25, 0.3) is 0 Å². The minimum absolute atomic E-state index is 0.740. The number of hydrogen-bond donors (Lipinski definition) is 1. The molecule has 2 aliphatic rings. The quantitative estimate of drug-likeness (QED) is 0.727. The summed E-state index contributed by atoms with van der Waals surface area (Å²) in [5, 5.41) is 3.42. The third kappa shape index (κ3) is 2.52. The van der Waals surface area contributed by atoms with E-state index in [1.807, 2.05) is 0 Å². The van der Waals surface area contributed by atoms with Crippen molar-refractivity contribution >= 4 is 0 Å². The summed E-state index contributed by atoms with van der Waals surface area (Å²) in [6, 6.07) is 2.34. The minimum Gasteiger partial charge on any atom is -0.317 e. The second-order valence-electron chi connectivity index (χ2n) is 5.30. The first kappa shape index (κ1) is 11.4. The molecule has 0 aromatic carbocycles. The molecule has 2 fully saturated rings. The SMILES string of the molecule is CNC1CCC(N2CCN(C)CC2C)C1. The molecule has 3 nitrogen and oxygen atoms in total. The highest BCUT2D eigenvalue weighted by atomic mass is 15.3. The molecule has 1 heterocycles. The molecule has 3 atom stereocenters. The summed E-state index contributed by atoms with van der Waals surface area (Å²) in [6.07, 6.45) is 4.10. The van der Waals surface area contributed by atoms with E-state index >= 15 is 0 Å². The number of likely N-dealkylation sites (N-methyl/N-ethyl adjacent to an activating group) is 1. The van der Waals surface area contributed by atoms with E-state index in [4.69, 9.17) is 0 Å². The first-order valence-electron chi connectivity index (χ1n) is 6.32. The highest BCUT2D eigenvalue weighted by Crippen LogP contribution is 2.26. The lowest BCUT2D eigenvalue weighted by molar-refractivity contribution is 0.0626. The van der Waals surface area contributed by atoms with Crippen molar-refractivity contribution in [2.24, 2.45) is 0 Å². The smallest absolute Gasteiger partial charge is 0.0198 e.